The maximum atomic E-state index is 13.8. The summed E-state index contributed by atoms with van der Waals surface area (Å²) in [4.78, 5) is 10.4. The zero-order valence-corrected chi connectivity index (χ0v) is 12.6. The van der Waals surface area contributed by atoms with Crippen LogP contribution in [0.25, 0.3) is 0 Å². The molecule has 0 aliphatic rings. The summed E-state index contributed by atoms with van der Waals surface area (Å²) in [5.74, 6) is -1.44. The normalized spacial score (nSPS) is 10.5. The van der Waals surface area contributed by atoms with Gasteiger partial charge in [0.1, 0.15) is 11.5 Å². The van der Waals surface area contributed by atoms with Crippen molar-refractivity contribution in [2.45, 2.75) is 13.5 Å². The largest absolute Gasteiger partial charge is 0.376 e. The van der Waals surface area contributed by atoms with Crippen LogP contribution < -0.4 is 5.32 Å². The Morgan fingerprint density at radius 1 is 1.29 bits per heavy atom. The number of nitrogens with zero attached hydrogens (tertiary/aromatic N) is 1. The molecular weight excluding hydrogens is 346 g/mol. The van der Waals surface area contributed by atoms with Gasteiger partial charge in [-0.25, -0.2) is 8.78 Å². The lowest BCUT2D eigenvalue weighted by atomic mass is 10.1. The molecule has 0 aromatic heterocycles. The van der Waals surface area contributed by atoms with E-state index >= 15 is 0 Å². The Morgan fingerprint density at radius 2 is 2.00 bits per heavy atom. The fourth-order valence-corrected chi connectivity index (χ4v) is 2.21. The first-order valence-electron chi connectivity index (χ1n) is 6.01. The summed E-state index contributed by atoms with van der Waals surface area (Å²) in [5, 5.41) is 13.6. The first-order valence-corrected chi connectivity index (χ1v) is 6.80. The average molecular weight is 357 g/mol. The van der Waals surface area contributed by atoms with Gasteiger partial charge >= 0.3 is 0 Å². The van der Waals surface area contributed by atoms with E-state index < -0.39 is 16.6 Å². The monoisotopic (exact) mass is 356 g/mol. The van der Waals surface area contributed by atoms with Crippen molar-refractivity contribution in [3.63, 3.8) is 0 Å². The molecule has 0 atom stereocenters. The Bertz CT molecular complexity index is 708. The van der Waals surface area contributed by atoms with Gasteiger partial charge in [0.2, 0.25) is 0 Å². The minimum Gasteiger partial charge on any atom is -0.376 e. The zero-order chi connectivity index (χ0) is 15.6. The van der Waals surface area contributed by atoms with Crippen molar-refractivity contribution < 1.29 is 13.7 Å². The van der Waals surface area contributed by atoms with E-state index in [1.807, 2.05) is 0 Å². The van der Waals surface area contributed by atoms with Crippen LogP contribution in [0.1, 0.15) is 11.1 Å². The van der Waals surface area contributed by atoms with Crippen molar-refractivity contribution >= 4 is 27.3 Å². The van der Waals surface area contributed by atoms with Crippen LogP contribution in [0.5, 0.6) is 0 Å². The third kappa shape index (κ3) is 3.36. The number of nitrogens with one attached hydrogen (secondary N) is 1. The number of nitro groups is 1. The molecule has 2 rings (SSSR count). The number of rotatable bonds is 4. The van der Waals surface area contributed by atoms with E-state index in [1.165, 1.54) is 25.1 Å². The second-order valence-corrected chi connectivity index (χ2v) is 5.35. The molecule has 0 heterocycles. The molecule has 0 bridgehead atoms. The predicted molar refractivity (Wildman–Crippen MR) is 79.2 cm³/mol. The molecule has 0 fully saturated rings. The summed E-state index contributed by atoms with van der Waals surface area (Å²) in [6.07, 6.45) is 0. The van der Waals surface area contributed by atoms with Crippen LogP contribution in [0.2, 0.25) is 0 Å². The Hall–Kier alpha value is -2.02. The lowest BCUT2D eigenvalue weighted by molar-refractivity contribution is -0.385. The number of hydrogen-bond donors (Lipinski definition) is 1. The van der Waals surface area contributed by atoms with E-state index in [2.05, 4.69) is 21.2 Å². The zero-order valence-electron chi connectivity index (χ0n) is 11.0. The summed E-state index contributed by atoms with van der Waals surface area (Å²) in [6.45, 7) is 1.46. The summed E-state index contributed by atoms with van der Waals surface area (Å²) in [5.41, 5.74) is 0.227. The summed E-state index contributed by atoms with van der Waals surface area (Å²) < 4.78 is 28.0. The van der Waals surface area contributed by atoms with Crippen LogP contribution in [0, 0.1) is 28.7 Å². The van der Waals surface area contributed by atoms with Gasteiger partial charge in [0, 0.05) is 22.6 Å². The minimum absolute atomic E-state index is 0.0547. The molecule has 0 unspecified atom stereocenters. The number of nitro benzene ring substituents is 1. The van der Waals surface area contributed by atoms with Crippen LogP contribution in [0.3, 0.4) is 0 Å². The molecule has 0 aliphatic heterocycles. The highest BCUT2D eigenvalue weighted by molar-refractivity contribution is 9.10. The van der Waals surface area contributed by atoms with Gasteiger partial charge in [-0.05, 0) is 30.7 Å². The van der Waals surface area contributed by atoms with Gasteiger partial charge < -0.3 is 5.32 Å². The van der Waals surface area contributed by atoms with Gasteiger partial charge in [0.15, 0.2) is 5.82 Å². The first-order chi connectivity index (χ1) is 9.90. The molecular formula is C14H11BrF2N2O2. The second-order valence-electron chi connectivity index (χ2n) is 4.44. The molecule has 21 heavy (non-hydrogen) atoms. The molecule has 0 radical (unpaired) electrons. The molecule has 0 spiro atoms. The SMILES string of the molecule is Cc1ccc(F)c(NCc2ccc(Br)cc2[N+](=O)[O-])c1F. The van der Waals surface area contributed by atoms with E-state index in [-0.39, 0.29) is 17.9 Å². The molecule has 7 heteroatoms. The van der Waals surface area contributed by atoms with Crippen molar-refractivity contribution in [3.8, 4) is 0 Å². The molecule has 0 amide bonds. The molecule has 2 aromatic carbocycles. The molecule has 0 saturated carbocycles. The highest BCUT2D eigenvalue weighted by atomic mass is 79.9. The van der Waals surface area contributed by atoms with Crippen LogP contribution >= 0.6 is 15.9 Å². The topological polar surface area (TPSA) is 55.2 Å². The molecule has 0 aliphatic carbocycles. The summed E-state index contributed by atoms with van der Waals surface area (Å²) in [6, 6.07) is 6.99. The molecule has 0 saturated heterocycles. The Balaban J connectivity index is 2.29. The van der Waals surface area contributed by atoms with Crippen LogP contribution in [-0.2, 0) is 6.54 Å². The van der Waals surface area contributed by atoms with Crippen molar-refractivity contribution in [3.05, 3.63) is 67.7 Å². The Morgan fingerprint density at radius 3 is 2.67 bits per heavy atom. The van der Waals surface area contributed by atoms with E-state index in [0.717, 1.165) is 6.07 Å². The van der Waals surface area contributed by atoms with Gasteiger partial charge in [-0.3, -0.25) is 10.1 Å². The lowest BCUT2D eigenvalue weighted by Gasteiger charge is -2.10. The molecule has 4 nitrogen and oxygen atoms in total. The number of hydrogen-bond acceptors (Lipinski definition) is 3. The smallest absolute Gasteiger partial charge is 0.275 e. The third-order valence-electron chi connectivity index (χ3n) is 2.98. The maximum absolute atomic E-state index is 13.8. The second kappa shape index (κ2) is 6.17. The number of benzene rings is 2. The van der Waals surface area contributed by atoms with Crippen molar-refractivity contribution in [2.75, 3.05) is 5.32 Å². The molecule has 2 aromatic rings. The van der Waals surface area contributed by atoms with E-state index in [0.29, 0.717) is 15.6 Å². The van der Waals surface area contributed by atoms with Crippen molar-refractivity contribution in [1.29, 1.82) is 0 Å². The summed E-state index contributed by atoms with van der Waals surface area (Å²) >= 11 is 3.15. The van der Waals surface area contributed by atoms with Gasteiger partial charge in [0.25, 0.3) is 5.69 Å². The number of halogens is 3. The Labute approximate surface area is 128 Å². The highest BCUT2D eigenvalue weighted by Crippen LogP contribution is 2.26. The van der Waals surface area contributed by atoms with E-state index in [1.54, 1.807) is 6.07 Å². The summed E-state index contributed by atoms with van der Waals surface area (Å²) in [7, 11) is 0. The van der Waals surface area contributed by atoms with Gasteiger partial charge in [0.05, 0.1) is 4.92 Å². The predicted octanol–water partition coefficient (Wildman–Crippen LogP) is 4.56. The molecule has 110 valence electrons. The fourth-order valence-electron chi connectivity index (χ4n) is 1.86. The third-order valence-corrected chi connectivity index (χ3v) is 3.48. The van der Waals surface area contributed by atoms with E-state index in [4.69, 9.17) is 0 Å². The number of anilines is 1. The van der Waals surface area contributed by atoms with E-state index in [9.17, 15) is 18.9 Å². The van der Waals surface area contributed by atoms with Crippen molar-refractivity contribution in [2.24, 2.45) is 0 Å². The number of aryl methyl sites for hydroxylation is 1. The fraction of sp³-hybridized carbons (Fsp3) is 0.143. The Kier molecular flexibility index (Phi) is 4.52. The van der Waals surface area contributed by atoms with Crippen LogP contribution in [0.4, 0.5) is 20.2 Å². The quantitative estimate of drug-likeness (QED) is 0.645. The van der Waals surface area contributed by atoms with Crippen LogP contribution in [-0.4, -0.2) is 4.92 Å². The maximum Gasteiger partial charge on any atom is 0.275 e. The first kappa shape index (κ1) is 15.4. The minimum atomic E-state index is -0.738. The van der Waals surface area contributed by atoms with Gasteiger partial charge in [-0.2, -0.15) is 0 Å². The molecule has 1 N–H and O–H groups in total. The lowest BCUT2D eigenvalue weighted by Crippen LogP contribution is -2.07. The van der Waals surface area contributed by atoms with Crippen molar-refractivity contribution in [1.82, 2.24) is 0 Å². The van der Waals surface area contributed by atoms with Gasteiger partial charge in [-0.15, -0.1) is 0 Å². The van der Waals surface area contributed by atoms with Gasteiger partial charge in [-0.1, -0.05) is 22.0 Å². The standard InChI is InChI=1S/C14H11BrF2N2O2/c1-8-2-5-11(16)14(13(8)17)18-7-9-3-4-10(15)6-12(9)19(20)21/h2-6,18H,7H2,1H3. The average Bonchev–Trinajstić information content (AvgIpc) is 2.44. The van der Waals surface area contributed by atoms with Crippen LogP contribution in [0.15, 0.2) is 34.8 Å². The highest BCUT2D eigenvalue weighted by Gasteiger charge is 2.16.